The van der Waals surface area contributed by atoms with E-state index in [9.17, 15) is 0 Å². The summed E-state index contributed by atoms with van der Waals surface area (Å²) in [6.45, 7) is 10.5. The van der Waals surface area contributed by atoms with E-state index < -0.39 is 0 Å². The van der Waals surface area contributed by atoms with E-state index >= 15 is 0 Å². The second kappa shape index (κ2) is 5.40. The molecule has 1 aliphatic rings. The lowest BCUT2D eigenvalue weighted by Gasteiger charge is -2.29. The smallest absolute Gasteiger partial charge is 0.133 e. The predicted octanol–water partition coefficient (Wildman–Crippen LogP) is 4.24. The molecule has 1 atom stereocenters. The monoisotopic (exact) mass is 282 g/mol. The maximum atomic E-state index is 5.01. The first kappa shape index (κ1) is 13.9. The first-order chi connectivity index (χ1) is 10.1. The number of hydrogen-bond donors (Lipinski definition) is 1. The van der Waals surface area contributed by atoms with Crippen molar-refractivity contribution >= 4 is 5.70 Å². The number of fused-ring (bicyclic) bond motifs is 1. The Hall–Kier alpha value is -2.03. The fourth-order valence-corrected chi connectivity index (χ4v) is 3.34. The molecule has 2 aromatic rings. The van der Waals surface area contributed by atoms with Gasteiger partial charge in [-0.25, -0.2) is 0 Å². The van der Waals surface area contributed by atoms with Gasteiger partial charge in [-0.2, -0.15) is 0 Å². The highest BCUT2D eigenvalue weighted by Crippen LogP contribution is 2.34. The lowest BCUT2D eigenvalue weighted by molar-refractivity contribution is 0.414. The molecule has 0 aliphatic heterocycles. The maximum absolute atomic E-state index is 5.01. The van der Waals surface area contributed by atoms with Crippen LogP contribution in [-0.2, 0) is 6.42 Å². The minimum atomic E-state index is 0.328. The number of nitrogens with zero attached hydrogens (tertiary/aromatic N) is 1. The molecule has 0 saturated carbocycles. The molecule has 110 valence electrons. The fourth-order valence-electron chi connectivity index (χ4n) is 3.34. The summed E-state index contributed by atoms with van der Waals surface area (Å²) in [5, 5.41) is 7.51. The summed E-state index contributed by atoms with van der Waals surface area (Å²) >= 11 is 0. The highest BCUT2D eigenvalue weighted by Gasteiger charge is 2.23. The average molecular weight is 282 g/mol. The molecule has 3 rings (SSSR count). The van der Waals surface area contributed by atoms with Crippen molar-refractivity contribution < 1.29 is 4.52 Å². The van der Waals surface area contributed by atoms with Crippen molar-refractivity contribution in [2.75, 3.05) is 0 Å². The SMILES string of the molecule is C=C(NC1CCCc2c(C)cc(C)cc21)c1conc1C. The molecule has 0 radical (unpaired) electrons. The Labute approximate surface area is 126 Å². The van der Waals surface area contributed by atoms with Gasteiger partial charge in [0.15, 0.2) is 0 Å². The van der Waals surface area contributed by atoms with E-state index in [1.807, 2.05) is 6.92 Å². The Kier molecular flexibility index (Phi) is 3.58. The van der Waals surface area contributed by atoms with Crippen molar-refractivity contribution in [3.8, 4) is 0 Å². The van der Waals surface area contributed by atoms with E-state index in [-0.39, 0.29) is 0 Å². The van der Waals surface area contributed by atoms with E-state index in [0.29, 0.717) is 6.04 Å². The fraction of sp³-hybridized carbons (Fsp3) is 0.389. The second-order valence-corrected chi connectivity index (χ2v) is 6.03. The van der Waals surface area contributed by atoms with Crippen LogP contribution in [0, 0.1) is 20.8 Å². The molecular weight excluding hydrogens is 260 g/mol. The Bertz CT molecular complexity index is 685. The van der Waals surface area contributed by atoms with Gasteiger partial charge in [0.2, 0.25) is 0 Å². The third-order valence-corrected chi connectivity index (χ3v) is 4.37. The number of hydrogen-bond acceptors (Lipinski definition) is 3. The van der Waals surface area contributed by atoms with Crippen molar-refractivity contribution in [1.82, 2.24) is 10.5 Å². The molecule has 3 heteroatoms. The van der Waals surface area contributed by atoms with Crippen LogP contribution in [0.1, 0.15) is 52.4 Å². The number of nitrogens with one attached hydrogen (secondary N) is 1. The summed E-state index contributed by atoms with van der Waals surface area (Å²) in [6.07, 6.45) is 5.19. The van der Waals surface area contributed by atoms with Crippen LogP contribution >= 0.6 is 0 Å². The van der Waals surface area contributed by atoms with Crippen LogP contribution in [0.15, 0.2) is 29.5 Å². The zero-order valence-corrected chi connectivity index (χ0v) is 13.0. The molecule has 0 spiro atoms. The van der Waals surface area contributed by atoms with Crippen LogP contribution in [0.2, 0.25) is 0 Å². The van der Waals surface area contributed by atoms with Crippen molar-refractivity contribution in [3.05, 3.63) is 58.5 Å². The molecule has 21 heavy (non-hydrogen) atoms. The Balaban J connectivity index is 1.89. The Morgan fingerprint density at radius 3 is 2.86 bits per heavy atom. The van der Waals surface area contributed by atoms with Gasteiger partial charge in [-0.3, -0.25) is 0 Å². The van der Waals surface area contributed by atoms with Gasteiger partial charge in [-0.05, 0) is 56.7 Å². The largest absolute Gasteiger partial charge is 0.378 e. The van der Waals surface area contributed by atoms with Gasteiger partial charge in [0.05, 0.1) is 17.3 Å². The van der Waals surface area contributed by atoms with Gasteiger partial charge >= 0.3 is 0 Å². The summed E-state index contributed by atoms with van der Waals surface area (Å²) in [5.41, 5.74) is 8.39. The summed E-state index contributed by atoms with van der Waals surface area (Å²) in [4.78, 5) is 0. The number of aromatic nitrogens is 1. The van der Waals surface area contributed by atoms with Crippen molar-refractivity contribution in [2.45, 2.75) is 46.1 Å². The number of aryl methyl sites for hydroxylation is 3. The van der Waals surface area contributed by atoms with Crippen molar-refractivity contribution in [2.24, 2.45) is 0 Å². The van der Waals surface area contributed by atoms with Gasteiger partial charge in [0.25, 0.3) is 0 Å². The molecule has 1 heterocycles. The van der Waals surface area contributed by atoms with E-state index in [1.165, 1.54) is 35.1 Å². The lowest BCUT2D eigenvalue weighted by atomic mass is 9.84. The van der Waals surface area contributed by atoms with Gasteiger partial charge in [-0.1, -0.05) is 29.4 Å². The van der Waals surface area contributed by atoms with Gasteiger partial charge in [0.1, 0.15) is 6.26 Å². The normalized spacial score (nSPS) is 17.4. The molecular formula is C18H22N2O. The first-order valence-corrected chi connectivity index (χ1v) is 7.53. The highest BCUT2D eigenvalue weighted by atomic mass is 16.5. The lowest BCUT2D eigenvalue weighted by Crippen LogP contribution is -2.24. The summed E-state index contributed by atoms with van der Waals surface area (Å²) in [5.74, 6) is 0. The number of rotatable bonds is 3. The summed E-state index contributed by atoms with van der Waals surface area (Å²) in [6, 6.07) is 4.92. The minimum absolute atomic E-state index is 0.328. The number of benzene rings is 1. The molecule has 0 amide bonds. The van der Waals surface area contributed by atoms with Crippen LogP contribution in [0.5, 0.6) is 0 Å². The second-order valence-electron chi connectivity index (χ2n) is 6.03. The highest BCUT2D eigenvalue weighted by molar-refractivity contribution is 5.63. The molecule has 0 saturated heterocycles. The topological polar surface area (TPSA) is 38.1 Å². The van der Waals surface area contributed by atoms with Crippen LogP contribution in [0.25, 0.3) is 5.70 Å². The molecule has 3 nitrogen and oxygen atoms in total. The van der Waals surface area contributed by atoms with Crippen LogP contribution < -0.4 is 5.32 Å². The standard InChI is InChI=1S/C18H22N2O/c1-11-8-12(2)15-6-5-7-18(16(15)9-11)19-13(3)17-10-21-20-14(17)4/h8-10,18-19H,3,5-7H2,1-2,4H3. The average Bonchev–Trinajstić information content (AvgIpc) is 2.86. The Morgan fingerprint density at radius 2 is 2.14 bits per heavy atom. The quantitative estimate of drug-likeness (QED) is 0.915. The van der Waals surface area contributed by atoms with Crippen LogP contribution in [0.3, 0.4) is 0 Å². The van der Waals surface area contributed by atoms with E-state index in [1.54, 1.807) is 6.26 Å². The zero-order valence-electron chi connectivity index (χ0n) is 13.0. The van der Waals surface area contributed by atoms with E-state index in [0.717, 1.165) is 23.4 Å². The van der Waals surface area contributed by atoms with Gasteiger partial charge in [-0.15, -0.1) is 0 Å². The zero-order chi connectivity index (χ0) is 15.0. The molecule has 0 fully saturated rings. The van der Waals surface area contributed by atoms with Crippen LogP contribution in [0.4, 0.5) is 0 Å². The van der Waals surface area contributed by atoms with Crippen molar-refractivity contribution in [3.63, 3.8) is 0 Å². The van der Waals surface area contributed by atoms with Crippen molar-refractivity contribution in [1.29, 1.82) is 0 Å². The minimum Gasteiger partial charge on any atom is -0.378 e. The molecule has 1 aliphatic carbocycles. The maximum Gasteiger partial charge on any atom is 0.133 e. The first-order valence-electron chi connectivity index (χ1n) is 7.53. The van der Waals surface area contributed by atoms with Gasteiger partial charge < -0.3 is 9.84 Å². The molecule has 1 N–H and O–H groups in total. The van der Waals surface area contributed by atoms with Gasteiger partial charge in [0, 0.05) is 5.70 Å². The van der Waals surface area contributed by atoms with E-state index in [2.05, 4.69) is 43.0 Å². The van der Waals surface area contributed by atoms with E-state index in [4.69, 9.17) is 4.52 Å². The predicted molar refractivity (Wildman–Crippen MR) is 85.0 cm³/mol. The molecule has 1 aromatic carbocycles. The molecule has 1 aromatic heterocycles. The third kappa shape index (κ3) is 2.60. The molecule has 0 bridgehead atoms. The summed E-state index contributed by atoms with van der Waals surface area (Å²) < 4.78 is 5.01. The third-order valence-electron chi connectivity index (χ3n) is 4.37. The Morgan fingerprint density at radius 1 is 1.33 bits per heavy atom. The van der Waals surface area contributed by atoms with Crippen LogP contribution in [-0.4, -0.2) is 5.16 Å². The molecule has 1 unspecified atom stereocenters. The summed E-state index contributed by atoms with van der Waals surface area (Å²) in [7, 11) is 0.